The highest BCUT2D eigenvalue weighted by molar-refractivity contribution is 8.18. The van der Waals surface area contributed by atoms with Gasteiger partial charge in [0.05, 0.1) is 4.91 Å². The van der Waals surface area contributed by atoms with Gasteiger partial charge in [-0.3, -0.25) is 4.79 Å². The molecule has 3 rings (SSSR count). The number of carbonyl (C=O) groups excluding carboxylic acids is 1. The van der Waals surface area contributed by atoms with Gasteiger partial charge in [-0.15, -0.1) is 0 Å². The van der Waals surface area contributed by atoms with Crippen molar-refractivity contribution in [2.45, 2.75) is 19.3 Å². The van der Waals surface area contributed by atoms with Crippen LogP contribution in [-0.2, 0) is 4.79 Å². The normalized spacial score (nSPS) is 21.0. The summed E-state index contributed by atoms with van der Waals surface area (Å²) in [6.07, 6.45) is 4.74. The van der Waals surface area contributed by atoms with Crippen LogP contribution in [0, 0.1) is 11.6 Å². The predicted octanol–water partition coefficient (Wildman–Crippen LogP) is 3.42. The highest BCUT2D eigenvalue weighted by Gasteiger charge is 2.27. The van der Waals surface area contributed by atoms with Crippen LogP contribution in [0.2, 0.25) is 0 Å². The smallest absolute Gasteiger partial charge is 0.286 e. The summed E-state index contributed by atoms with van der Waals surface area (Å²) in [5.74, 6) is -2.24. The number of halogens is 2. The minimum absolute atomic E-state index is 0.0703. The van der Waals surface area contributed by atoms with Crippen molar-refractivity contribution in [1.82, 2.24) is 4.90 Å². The van der Waals surface area contributed by atoms with Crippen LogP contribution in [-0.4, -0.2) is 29.1 Å². The van der Waals surface area contributed by atoms with Crippen molar-refractivity contribution in [3.8, 4) is 0 Å². The lowest BCUT2D eigenvalue weighted by molar-refractivity contribution is -0.113. The van der Waals surface area contributed by atoms with Gasteiger partial charge in [0.2, 0.25) is 0 Å². The topological polar surface area (TPSA) is 32.7 Å². The molecule has 1 aromatic carbocycles. The first-order valence-electron chi connectivity index (χ1n) is 6.86. The zero-order valence-electron chi connectivity index (χ0n) is 11.3. The highest BCUT2D eigenvalue weighted by atomic mass is 32.2. The van der Waals surface area contributed by atoms with Gasteiger partial charge in [0.25, 0.3) is 5.91 Å². The molecule has 0 N–H and O–H groups in total. The molecule has 0 aromatic heterocycles. The van der Waals surface area contributed by atoms with E-state index in [1.807, 2.05) is 0 Å². The van der Waals surface area contributed by atoms with E-state index in [-0.39, 0.29) is 11.5 Å². The molecular weight excluding hydrogens is 294 g/mol. The lowest BCUT2D eigenvalue weighted by Gasteiger charge is -2.27. The average molecular weight is 308 g/mol. The van der Waals surface area contributed by atoms with Gasteiger partial charge in [-0.05, 0) is 43.2 Å². The summed E-state index contributed by atoms with van der Waals surface area (Å²) in [5.41, 5.74) is 0.0703. The molecule has 2 heterocycles. The molecule has 0 saturated carbocycles. The Morgan fingerprint density at radius 3 is 2.71 bits per heavy atom. The Morgan fingerprint density at radius 2 is 1.95 bits per heavy atom. The first kappa shape index (κ1) is 14.3. The fourth-order valence-electron chi connectivity index (χ4n) is 2.39. The fourth-order valence-corrected chi connectivity index (χ4v) is 3.35. The minimum Gasteiger partial charge on any atom is -0.351 e. The van der Waals surface area contributed by atoms with Crippen molar-refractivity contribution >= 4 is 28.9 Å². The average Bonchev–Trinajstić information content (AvgIpc) is 2.86. The van der Waals surface area contributed by atoms with E-state index in [2.05, 4.69) is 9.89 Å². The fraction of sp³-hybridized carbons (Fsp3) is 0.333. The minimum atomic E-state index is -0.940. The number of piperidine rings is 1. The molecule has 0 aliphatic carbocycles. The number of aliphatic imine (C=N–C) groups is 1. The van der Waals surface area contributed by atoms with Gasteiger partial charge < -0.3 is 4.90 Å². The second kappa shape index (κ2) is 5.97. The Hall–Kier alpha value is -1.69. The van der Waals surface area contributed by atoms with Crippen molar-refractivity contribution in [3.05, 3.63) is 40.3 Å². The zero-order chi connectivity index (χ0) is 14.8. The van der Waals surface area contributed by atoms with Crippen LogP contribution >= 0.6 is 11.8 Å². The van der Waals surface area contributed by atoms with Gasteiger partial charge in [0.1, 0.15) is 0 Å². The highest BCUT2D eigenvalue weighted by Crippen LogP contribution is 2.32. The number of amidine groups is 1. The maximum absolute atomic E-state index is 13.6. The number of hydrogen-bond donors (Lipinski definition) is 0. The van der Waals surface area contributed by atoms with E-state index >= 15 is 0 Å². The molecule has 110 valence electrons. The van der Waals surface area contributed by atoms with E-state index in [1.54, 1.807) is 0 Å². The molecule has 1 amide bonds. The lowest BCUT2D eigenvalue weighted by Crippen LogP contribution is -2.33. The standard InChI is InChI=1S/C15H14F2N2OS/c16-11-6-4-5-10(13(11)17)9-12-14(20)18-15(21-12)19-7-2-1-3-8-19/h4-6,9H,1-3,7-8H2. The summed E-state index contributed by atoms with van der Waals surface area (Å²) in [6.45, 7) is 1.78. The van der Waals surface area contributed by atoms with E-state index in [0.29, 0.717) is 10.1 Å². The van der Waals surface area contributed by atoms with E-state index in [0.717, 1.165) is 32.0 Å². The largest absolute Gasteiger partial charge is 0.351 e. The summed E-state index contributed by atoms with van der Waals surface area (Å²) in [5, 5.41) is 0.669. The summed E-state index contributed by atoms with van der Waals surface area (Å²) in [6, 6.07) is 3.91. The molecule has 0 atom stereocenters. The molecule has 1 saturated heterocycles. The number of hydrogen-bond acceptors (Lipinski definition) is 3. The van der Waals surface area contributed by atoms with E-state index in [4.69, 9.17) is 0 Å². The summed E-state index contributed by atoms with van der Waals surface area (Å²) in [4.78, 5) is 18.3. The third-order valence-corrected chi connectivity index (χ3v) is 4.55. The number of thioether (sulfide) groups is 1. The molecule has 2 aliphatic rings. The zero-order valence-corrected chi connectivity index (χ0v) is 12.1. The molecule has 2 aliphatic heterocycles. The Morgan fingerprint density at radius 1 is 1.19 bits per heavy atom. The van der Waals surface area contributed by atoms with Gasteiger partial charge in [-0.1, -0.05) is 12.1 Å². The molecule has 0 bridgehead atoms. The van der Waals surface area contributed by atoms with Crippen molar-refractivity contribution in [3.63, 3.8) is 0 Å². The van der Waals surface area contributed by atoms with Crippen molar-refractivity contribution in [2.75, 3.05) is 13.1 Å². The monoisotopic (exact) mass is 308 g/mol. The molecular formula is C15H14F2N2OS. The van der Waals surface area contributed by atoms with Gasteiger partial charge in [-0.2, -0.15) is 4.99 Å². The van der Waals surface area contributed by atoms with Crippen LogP contribution in [0.25, 0.3) is 6.08 Å². The molecule has 0 spiro atoms. The quantitative estimate of drug-likeness (QED) is 0.745. The summed E-state index contributed by atoms with van der Waals surface area (Å²) < 4.78 is 26.8. The second-order valence-corrected chi connectivity index (χ2v) is 6.01. The molecule has 21 heavy (non-hydrogen) atoms. The maximum Gasteiger partial charge on any atom is 0.286 e. The Balaban J connectivity index is 1.80. The van der Waals surface area contributed by atoms with Crippen molar-refractivity contribution in [1.29, 1.82) is 0 Å². The van der Waals surface area contributed by atoms with E-state index in [1.165, 1.54) is 36.4 Å². The van der Waals surface area contributed by atoms with E-state index < -0.39 is 11.6 Å². The third-order valence-electron chi connectivity index (χ3n) is 3.50. The number of benzene rings is 1. The SMILES string of the molecule is O=C1N=C(N2CCCCC2)SC1=Cc1cccc(F)c1F. The third kappa shape index (κ3) is 3.00. The lowest BCUT2D eigenvalue weighted by atomic mass is 10.1. The van der Waals surface area contributed by atoms with Gasteiger partial charge in [0.15, 0.2) is 16.8 Å². The second-order valence-electron chi connectivity index (χ2n) is 5.00. The number of likely N-dealkylation sites (tertiary alicyclic amines) is 1. The van der Waals surface area contributed by atoms with Crippen LogP contribution in [0.5, 0.6) is 0 Å². The predicted molar refractivity (Wildman–Crippen MR) is 79.8 cm³/mol. The molecule has 1 aromatic rings. The van der Waals surface area contributed by atoms with Crippen LogP contribution in [0.1, 0.15) is 24.8 Å². The van der Waals surface area contributed by atoms with Crippen LogP contribution in [0.3, 0.4) is 0 Å². The van der Waals surface area contributed by atoms with Gasteiger partial charge >= 0.3 is 0 Å². The molecule has 6 heteroatoms. The molecule has 0 radical (unpaired) electrons. The van der Waals surface area contributed by atoms with E-state index in [9.17, 15) is 13.6 Å². The Kier molecular flexibility index (Phi) is 4.05. The molecule has 3 nitrogen and oxygen atoms in total. The molecule has 1 fully saturated rings. The number of rotatable bonds is 1. The van der Waals surface area contributed by atoms with Gasteiger partial charge in [-0.25, -0.2) is 8.78 Å². The Labute approximate surface area is 125 Å². The van der Waals surface area contributed by atoms with Gasteiger partial charge in [0, 0.05) is 18.7 Å². The number of amides is 1. The van der Waals surface area contributed by atoms with Crippen LogP contribution < -0.4 is 0 Å². The summed E-state index contributed by atoms with van der Waals surface area (Å²) in [7, 11) is 0. The van der Waals surface area contributed by atoms with Crippen molar-refractivity contribution < 1.29 is 13.6 Å². The Bertz CT molecular complexity index is 637. The summed E-state index contributed by atoms with van der Waals surface area (Å²) >= 11 is 1.23. The van der Waals surface area contributed by atoms with Crippen LogP contribution in [0.15, 0.2) is 28.1 Å². The maximum atomic E-state index is 13.6. The van der Waals surface area contributed by atoms with Crippen molar-refractivity contribution in [2.24, 2.45) is 4.99 Å². The molecule has 0 unspecified atom stereocenters. The number of nitrogens with zero attached hydrogens (tertiary/aromatic N) is 2. The first-order chi connectivity index (χ1) is 10.1. The number of carbonyl (C=O) groups is 1. The first-order valence-corrected chi connectivity index (χ1v) is 7.68. The van der Waals surface area contributed by atoms with Crippen LogP contribution in [0.4, 0.5) is 8.78 Å².